The Morgan fingerprint density at radius 2 is 1.82 bits per heavy atom. The van der Waals surface area contributed by atoms with Crippen molar-refractivity contribution >= 4 is 43.8 Å². The molecule has 1 unspecified atom stereocenters. The lowest BCUT2D eigenvalue weighted by Gasteiger charge is -2.21. The highest BCUT2D eigenvalue weighted by atomic mass is 79.9. The normalized spacial score (nSPS) is 22.0. The van der Waals surface area contributed by atoms with E-state index in [1.54, 1.807) is 26.0 Å². The van der Waals surface area contributed by atoms with E-state index in [0.717, 1.165) is 26.2 Å². The van der Waals surface area contributed by atoms with E-state index in [1.165, 1.54) is 0 Å². The molecule has 0 bridgehead atoms. The van der Waals surface area contributed by atoms with Crippen LogP contribution in [0.2, 0.25) is 0 Å². The summed E-state index contributed by atoms with van der Waals surface area (Å²) in [5.74, 6) is 1.31. The summed E-state index contributed by atoms with van der Waals surface area (Å²) in [4.78, 5) is 16.3. The van der Waals surface area contributed by atoms with Crippen LogP contribution in [0.15, 0.2) is 59.5 Å². The molecule has 0 N–H and O–H groups in total. The molecule has 0 aromatic heterocycles. The maximum Gasteiger partial charge on any atom is 0.252 e. The van der Waals surface area contributed by atoms with E-state index in [0.29, 0.717) is 18.0 Å². The van der Waals surface area contributed by atoms with Gasteiger partial charge in [0.25, 0.3) is 5.91 Å². The van der Waals surface area contributed by atoms with Gasteiger partial charge in [0, 0.05) is 27.6 Å². The molecular weight excluding hydrogens is 438 g/mol. The standard InChI is InChI=1S/C22H20BrNO3S/c1-4-24-16-13-18(27-3)17(26-2)12-15(16)22(21(24)25)11-10-19(28-22)20(23)14-8-6-5-7-9-14/h5-13H,4H2,1-3H3/b20-19-. The molecular formula is C22H20BrNO3S. The fourth-order valence-corrected chi connectivity index (χ4v) is 5.60. The number of hydrogen-bond donors (Lipinski definition) is 0. The molecule has 2 aromatic carbocycles. The number of ether oxygens (including phenoxy) is 2. The molecule has 0 fully saturated rings. The van der Waals surface area contributed by atoms with Crippen molar-refractivity contribution in [3.63, 3.8) is 0 Å². The lowest BCUT2D eigenvalue weighted by Crippen LogP contribution is -2.35. The van der Waals surface area contributed by atoms with Crippen molar-refractivity contribution in [3.05, 3.63) is 70.6 Å². The summed E-state index contributed by atoms with van der Waals surface area (Å²) in [6.07, 6.45) is 4.03. The summed E-state index contributed by atoms with van der Waals surface area (Å²) >= 11 is 5.28. The first-order valence-corrected chi connectivity index (χ1v) is 10.6. The highest BCUT2D eigenvalue weighted by Crippen LogP contribution is 2.59. The van der Waals surface area contributed by atoms with Crippen molar-refractivity contribution in [1.82, 2.24) is 0 Å². The number of halogens is 1. The number of fused-ring (bicyclic) bond motifs is 2. The molecule has 1 atom stereocenters. The zero-order chi connectivity index (χ0) is 19.9. The monoisotopic (exact) mass is 457 g/mol. The number of carbonyl (C=O) groups excluding carboxylic acids is 1. The van der Waals surface area contributed by atoms with Crippen LogP contribution in [0.3, 0.4) is 0 Å². The van der Waals surface area contributed by atoms with Crippen LogP contribution in [-0.2, 0) is 9.54 Å². The van der Waals surface area contributed by atoms with Crippen molar-refractivity contribution in [2.45, 2.75) is 11.7 Å². The Morgan fingerprint density at radius 3 is 2.46 bits per heavy atom. The molecule has 28 heavy (non-hydrogen) atoms. The summed E-state index contributed by atoms with van der Waals surface area (Å²) in [6.45, 7) is 2.58. The Hall–Kier alpha value is -2.18. The van der Waals surface area contributed by atoms with E-state index < -0.39 is 4.75 Å². The summed E-state index contributed by atoms with van der Waals surface area (Å²) in [7, 11) is 3.22. The summed E-state index contributed by atoms with van der Waals surface area (Å²) < 4.78 is 11.2. The zero-order valence-electron chi connectivity index (χ0n) is 15.9. The number of allylic oxidation sites excluding steroid dienone is 1. The molecule has 6 heteroatoms. The predicted molar refractivity (Wildman–Crippen MR) is 118 cm³/mol. The van der Waals surface area contributed by atoms with Gasteiger partial charge in [0.05, 0.1) is 19.9 Å². The first kappa shape index (κ1) is 19.2. The van der Waals surface area contributed by atoms with Crippen LogP contribution in [0.4, 0.5) is 5.69 Å². The van der Waals surface area contributed by atoms with Crippen LogP contribution in [0, 0.1) is 0 Å². The molecule has 1 spiro atoms. The first-order valence-electron chi connectivity index (χ1n) is 8.97. The Labute approximate surface area is 177 Å². The van der Waals surface area contributed by atoms with Gasteiger partial charge in [-0.3, -0.25) is 4.79 Å². The second-order valence-electron chi connectivity index (χ2n) is 6.49. The van der Waals surface area contributed by atoms with Crippen molar-refractivity contribution in [2.75, 3.05) is 25.7 Å². The maximum absolute atomic E-state index is 13.5. The fraction of sp³-hybridized carbons (Fsp3) is 0.227. The highest BCUT2D eigenvalue weighted by Gasteiger charge is 2.52. The number of carbonyl (C=O) groups is 1. The molecule has 2 aliphatic rings. The Kier molecular flexibility index (Phi) is 5.02. The Morgan fingerprint density at radius 1 is 1.14 bits per heavy atom. The van der Waals surface area contributed by atoms with E-state index in [2.05, 4.69) is 15.9 Å². The molecule has 2 aliphatic heterocycles. The van der Waals surface area contributed by atoms with Gasteiger partial charge in [0.15, 0.2) is 11.5 Å². The first-order chi connectivity index (χ1) is 13.6. The van der Waals surface area contributed by atoms with Gasteiger partial charge in [0.2, 0.25) is 0 Å². The third kappa shape index (κ3) is 2.78. The molecule has 144 valence electrons. The third-order valence-corrected chi connectivity index (χ3v) is 7.62. The van der Waals surface area contributed by atoms with Gasteiger partial charge in [-0.2, -0.15) is 0 Å². The summed E-state index contributed by atoms with van der Waals surface area (Å²) in [5, 5.41) is 0. The molecule has 2 aromatic rings. The number of thioether (sulfide) groups is 1. The zero-order valence-corrected chi connectivity index (χ0v) is 18.3. The molecule has 0 saturated carbocycles. The minimum absolute atomic E-state index is 0.0601. The van der Waals surface area contributed by atoms with E-state index in [4.69, 9.17) is 9.47 Å². The topological polar surface area (TPSA) is 38.8 Å². The van der Waals surface area contributed by atoms with Crippen LogP contribution >= 0.6 is 27.7 Å². The van der Waals surface area contributed by atoms with E-state index >= 15 is 0 Å². The Bertz CT molecular complexity index is 1000. The maximum atomic E-state index is 13.5. The molecule has 4 nitrogen and oxygen atoms in total. The van der Waals surface area contributed by atoms with Gasteiger partial charge in [-0.1, -0.05) is 48.2 Å². The molecule has 0 saturated heterocycles. The lowest BCUT2D eigenvalue weighted by molar-refractivity contribution is -0.119. The van der Waals surface area contributed by atoms with Crippen LogP contribution < -0.4 is 14.4 Å². The number of amides is 1. The summed E-state index contributed by atoms with van der Waals surface area (Å²) in [5.41, 5.74) is 2.89. The van der Waals surface area contributed by atoms with Crippen molar-refractivity contribution in [3.8, 4) is 11.5 Å². The molecule has 4 rings (SSSR count). The Balaban J connectivity index is 1.84. The van der Waals surface area contributed by atoms with Gasteiger partial charge in [-0.15, -0.1) is 0 Å². The molecule has 0 aliphatic carbocycles. The number of methoxy groups -OCH3 is 2. The third-order valence-electron chi connectivity index (χ3n) is 5.06. The smallest absolute Gasteiger partial charge is 0.252 e. The van der Waals surface area contributed by atoms with Crippen molar-refractivity contribution < 1.29 is 14.3 Å². The van der Waals surface area contributed by atoms with Gasteiger partial charge in [-0.05, 0) is 40.6 Å². The lowest BCUT2D eigenvalue weighted by atomic mass is 9.98. The SMILES string of the molecule is CCN1C(=O)C2(C=C/C(=C(/Br)c3ccccc3)S2)c2cc(OC)c(OC)cc21. The molecule has 0 radical (unpaired) electrons. The molecule has 1 amide bonds. The van der Waals surface area contributed by atoms with Gasteiger partial charge >= 0.3 is 0 Å². The average molecular weight is 458 g/mol. The van der Waals surface area contributed by atoms with E-state index in [1.807, 2.05) is 66.4 Å². The largest absolute Gasteiger partial charge is 0.493 e. The number of hydrogen-bond acceptors (Lipinski definition) is 4. The van der Waals surface area contributed by atoms with Gasteiger partial charge in [-0.25, -0.2) is 0 Å². The highest BCUT2D eigenvalue weighted by molar-refractivity contribution is 9.15. The number of anilines is 1. The minimum Gasteiger partial charge on any atom is -0.493 e. The number of benzene rings is 2. The predicted octanol–water partition coefficient (Wildman–Crippen LogP) is 5.33. The van der Waals surface area contributed by atoms with Crippen LogP contribution in [-0.4, -0.2) is 26.7 Å². The number of nitrogens with zero attached hydrogens (tertiary/aromatic N) is 1. The van der Waals surface area contributed by atoms with Gasteiger partial charge < -0.3 is 14.4 Å². The minimum atomic E-state index is -0.784. The van der Waals surface area contributed by atoms with Gasteiger partial charge in [0.1, 0.15) is 4.75 Å². The van der Waals surface area contributed by atoms with Crippen LogP contribution in [0.25, 0.3) is 4.48 Å². The second kappa shape index (κ2) is 7.33. The molecule has 2 heterocycles. The quantitative estimate of drug-likeness (QED) is 0.621. The van der Waals surface area contributed by atoms with Crippen molar-refractivity contribution in [1.29, 1.82) is 0 Å². The number of likely N-dealkylation sites (N-methyl/N-ethyl adjacent to an activating group) is 1. The van der Waals surface area contributed by atoms with Crippen LogP contribution in [0.1, 0.15) is 18.1 Å². The van der Waals surface area contributed by atoms with Crippen LogP contribution in [0.5, 0.6) is 11.5 Å². The van der Waals surface area contributed by atoms with E-state index in [-0.39, 0.29) is 5.91 Å². The fourth-order valence-electron chi connectivity index (χ4n) is 3.67. The second-order valence-corrected chi connectivity index (χ2v) is 8.57. The van der Waals surface area contributed by atoms with Crippen molar-refractivity contribution in [2.24, 2.45) is 0 Å². The average Bonchev–Trinajstić information content (AvgIpc) is 3.28. The number of rotatable bonds is 4. The summed E-state index contributed by atoms with van der Waals surface area (Å²) in [6, 6.07) is 13.9. The van der Waals surface area contributed by atoms with E-state index in [9.17, 15) is 4.79 Å².